The third kappa shape index (κ3) is 3.70. The number of halogens is 1. The van der Waals surface area contributed by atoms with E-state index in [9.17, 15) is 4.79 Å². The first-order valence-corrected chi connectivity index (χ1v) is 8.03. The minimum Gasteiger partial charge on any atom is -0.481 e. The molecule has 3 nitrogen and oxygen atoms in total. The highest BCUT2D eigenvalue weighted by molar-refractivity contribution is 6.30. The van der Waals surface area contributed by atoms with Gasteiger partial charge in [0.05, 0.1) is 0 Å². The maximum atomic E-state index is 12.7. The molecule has 1 aliphatic rings. The molecule has 0 aromatic heterocycles. The number of hydrogen-bond donors (Lipinski definition) is 0. The molecule has 0 aliphatic carbocycles. The maximum absolute atomic E-state index is 12.7. The van der Waals surface area contributed by atoms with Crippen molar-refractivity contribution < 1.29 is 9.53 Å². The highest BCUT2D eigenvalue weighted by Gasteiger charge is 2.32. The van der Waals surface area contributed by atoms with Crippen LogP contribution in [0.4, 0.5) is 0 Å². The van der Waals surface area contributed by atoms with Crippen LogP contribution in [0, 0.1) is 6.92 Å². The van der Waals surface area contributed by atoms with Gasteiger partial charge in [0.25, 0.3) is 5.91 Å². The van der Waals surface area contributed by atoms with Crippen molar-refractivity contribution in [1.29, 1.82) is 0 Å². The summed E-state index contributed by atoms with van der Waals surface area (Å²) in [6.45, 7) is 8.00. The standard InChI is InChI=1S/C17H24ClNO2/c1-11-10-15(18)8-9-16(11)21-14(4)17(20)19-12(2)6-5-7-13(19)3/h8-10,12-14H,5-7H2,1-4H3/t12-,13-,14+/m0/s1. The van der Waals surface area contributed by atoms with E-state index in [0.29, 0.717) is 17.1 Å². The van der Waals surface area contributed by atoms with Gasteiger partial charge >= 0.3 is 0 Å². The number of aryl methyl sites for hydroxylation is 1. The molecule has 21 heavy (non-hydrogen) atoms. The summed E-state index contributed by atoms with van der Waals surface area (Å²) in [7, 11) is 0. The van der Waals surface area contributed by atoms with Gasteiger partial charge < -0.3 is 9.64 Å². The number of carbonyl (C=O) groups excluding carboxylic acids is 1. The smallest absolute Gasteiger partial charge is 0.263 e. The lowest BCUT2D eigenvalue weighted by atomic mass is 9.97. The van der Waals surface area contributed by atoms with E-state index in [2.05, 4.69) is 13.8 Å². The quantitative estimate of drug-likeness (QED) is 0.837. The molecule has 1 fully saturated rings. The number of hydrogen-bond acceptors (Lipinski definition) is 2. The van der Waals surface area contributed by atoms with Crippen molar-refractivity contribution in [3.63, 3.8) is 0 Å². The number of rotatable bonds is 3. The Bertz CT molecular complexity index is 508. The zero-order chi connectivity index (χ0) is 15.6. The van der Waals surface area contributed by atoms with Gasteiger partial charge in [-0.25, -0.2) is 0 Å². The van der Waals surface area contributed by atoms with Crippen molar-refractivity contribution in [3.8, 4) is 5.75 Å². The predicted octanol–water partition coefficient (Wildman–Crippen LogP) is 4.21. The highest BCUT2D eigenvalue weighted by Crippen LogP contribution is 2.26. The second kappa shape index (κ2) is 6.69. The van der Waals surface area contributed by atoms with Crippen LogP contribution < -0.4 is 4.74 Å². The largest absolute Gasteiger partial charge is 0.481 e. The monoisotopic (exact) mass is 309 g/mol. The van der Waals surface area contributed by atoms with Crippen LogP contribution in [0.1, 0.15) is 45.6 Å². The molecule has 0 N–H and O–H groups in total. The van der Waals surface area contributed by atoms with Gasteiger partial charge in [-0.2, -0.15) is 0 Å². The Hall–Kier alpha value is -1.22. The van der Waals surface area contributed by atoms with Crippen molar-refractivity contribution >= 4 is 17.5 Å². The predicted molar refractivity (Wildman–Crippen MR) is 85.9 cm³/mol. The van der Waals surface area contributed by atoms with E-state index in [4.69, 9.17) is 16.3 Å². The summed E-state index contributed by atoms with van der Waals surface area (Å²) in [5, 5.41) is 0.678. The number of benzene rings is 1. The summed E-state index contributed by atoms with van der Waals surface area (Å²) in [5.74, 6) is 0.793. The molecule has 0 unspecified atom stereocenters. The number of piperidine rings is 1. The van der Waals surface area contributed by atoms with E-state index >= 15 is 0 Å². The van der Waals surface area contributed by atoms with Crippen molar-refractivity contribution in [3.05, 3.63) is 28.8 Å². The molecule has 1 amide bonds. The van der Waals surface area contributed by atoms with Crippen molar-refractivity contribution in [2.75, 3.05) is 0 Å². The van der Waals surface area contributed by atoms with Crippen molar-refractivity contribution in [2.24, 2.45) is 0 Å². The SMILES string of the molecule is Cc1cc(Cl)ccc1O[C@H](C)C(=O)N1[C@@H](C)CCC[C@@H]1C. The van der Waals surface area contributed by atoms with Gasteiger partial charge in [-0.15, -0.1) is 0 Å². The molecule has 1 aromatic carbocycles. The second-order valence-corrected chi connectivity index (χ2v) is 6.48. The van der Waals surface area contributed by atoms with Crippen molar-refractivity contribution in [1.82, 2.24) is 4.90 Å². The Morgan fingerprint density at radius 3 is 2.52 bits per heavy atom. The van der Waals surface area contributed by atoms with Crippen LogP contribution in [0.5, 0.6) is 5.75 Å². The molecule has 2 rings (SSSR count). The number of likely N-dealkylation sites (tertiary alicyclic amines) is 1. The summed E-state index contributed by atoms with van der Waals surface area (Å²) < 4.78 is 5.86. The molecule has 1 heterocycles. The number of ether oxygens (including phenoxy) is 1. The Kier molecular flexibility index (Phi) is 5.15. The van der Waals surface area contributed by atoms with E-state index in [1.807, 2.05) is 30.9 Å². The Morgan fingerprint density at radius 2 is 1.95 bits per heavy atom. The fourth-order valence-corrected chi connectivity index (χ4v) is 3.28. The molecule has 0 spiro atoms. The first-order chi connectivity index (χ1) is 9.90. The fourth-order valence-electron chi connectivity index (χ4n) is 3.05. The molecular formula is C17H24ClNO2. The van der Waals surface area contributed by atoms with Crippen LogP contribution in [0.2, 0.25) is 5.02 Å². The van der Waals surface area contributed by atoms with E-state index in [1.165, 1.54) is 6.42 Å². The van der Waals surface area contributed by atoms with Gasteiger partial charge in [0.1, 0.15) is 5.75 Å². The maximum Gasteiger partial charge on any atom is 0.263 e. The summed E-state index contributed by atoms with van der Waals surface area (Å²) >= 11 is 5.95. The van der Waals surface area contributed by atoms with E-state index < -0.39 is 6.10 Å². The third-order valence-corrected chi connectivity index (χ3v) is 4.47. The van der Waals surface area contributed by atoms with Gasteiger partial charge in [-0.3, -0.25) is 4.79 Å². The van der Waals surface area contributed by atoms with Crippen LogP contribution in [-0.2, 0) is 4.79 Å². The van der Waals surface area contributed by atoms with Crippen LogP contribution in [0.3, 0.4) is 0 Å². The Morgan fingerprint density at radius 1 is 1.33 bits per heavy atom. The molecule has 0 bridgehead atoms. The van der Waals surface area contributed by atoms with Gasteiger partial charge in [-0.05, 0) is 70.7 Å². The number of carbonyl (C=O) groups is 1. The van der Waals surface area contributed by atoms with Crippen LogP contribution in [0.15, 0.2) is 18.2 Å². The van der Waals surface area contributed by atoms with Crippen LogP contribution in [-0.4, -0.2) is 29.0 Å². The number of amides is 1. The minimum absolute atomic E-state index is 0.0732. The Labute approximate surface area is 132 Å². The first kappa shape index (κ1) is 16.2. The third-order valence-electron chi connectivity index (χ3n) is 4.24. The summed E-state index contributed by atoms with van der Waals surface area (Å²) in [6.07, 6.45) is 2.86. The average molecular weight is 310 g/mol. The second-order valence-electron chi connectivity index (χ2n) is 6.04. The van der Waals surface area contributed by atoms with E-state index in [0.717, 1.165) is 24.2 Å². The summed E-state index contributed by atoms with van der Waals surface area (Å²) in [4.78, 5) is 14.7. The topological polar surface area (TPSA) is 29.5 Å². The molecule has 0 saturated carbocycles. The normalized spacial score (nSPS) is 23.8. The lowest BCUT2D eigenvalue weighted by Gasteiger charge is -2.40. The lowest BCUT2D eigenvalue weighted by molar-refractivity contribution is -0.144. The zero-order valence-corrected chi connectivity index (χ0v) is 14.0. The van der Waals surface area contributed by atoms with Crippen molar-refractivity contribution in [2.45, 2.75) is 65.1 Å². The molecule has 1 aromatic rings. The molecule has 1 saturated heterocycles. The molecule has 1 aliphatic heterocycles. The average Bonchev–Trinajstić information content (AvgIpc) is 2.41. The summed E-state index contributed by atoms with van der Waals surface area (Å²) in [6, 6.07) is 6.04. The van der Waals surface area contributed by atoms with Crippen LogP contribution in [0.25, 0.3) is 0 Å². The molecular weight excluding hydrogens is 286 g/mol. The lowest BCUT2D eigenvalue weighted by Crippen LogP contribution is -2.51. The van der Waals surface area contributed by atoms with Gasteiger partial charge in [0, 0.05) is 17.1 Å². The van der Waals surface area contributed by atoms with Crippen LogP contribution >= 0.6 is 11.6 Å². The van der Waals surface area contributed by atoms with E-state index in [1.54, 1.807) is 6.07 Å². The molecule has 3 atom stereocenters. The summed E-state index contributed by atoms with van der Waals surface area (Å²) in [5.41, 5.74) is 0.946. The zero-order valence-electron chi connectivity index (χ0n) is 13.2. The highest BCUT2D eigenvalue weighted by atomic mass is 35.5. The minimum atomic E-state index is -0.479. The van der Waals surface area contributed by atoms with Gasteiger partial charge in [-0.1, -0.05) is 11.6 Å². The molecule has 116 valence electrons. The van der Waals surface area contributed by atoms with Gasteiger partial charge in [0.2, 0.25) is 0 Å². The first-order valence-electron chi connectivity index (χ1n) is 7.65. The fraction of sp³-hybridized carbons (Fsp3) is 0.588. The molecule has 4 heteroatoms. The Balaban J connectivity index is 2.08. The van der Waals surface area contributed by atoms with Gasteiger partial charge in [0.15, 0.2) is 6.10 Å². The number of nitrogens with zero attached hydrogens (tertiary/aromatic N) is 1. The van der Waals surface area contributed by atoms with E-state index in [-0.39, 0.29) is 5.91 Å². The molecule has 0 radical (unpaired) electrons.